The number of likely N-dealkylation sites (tertiary alicyclic amines) is 1. The quantitative estimate of drug-likeness (QED) is 0.671. The van der Waals surface area contributed by atoms with E-state index in [1.165, 1.54) is 39.0 Å². The van der Waals surface area contributed by atoms with Gasteiger partial charge in [0.2, 0.25) is 0 Å². The first kappa shape index (κ1) is 9.95. The van der Waals surface area contributed by atoms with Crippen LogP contribution in [0.3, 0.4) is 0 Å². The Kier molecular flexibility index (Phi) is 2.04. The summed E-state index contributed by atoms with van der Waals surface area (Å²) in [5.41, 5.74) is 4.85. The number of para-hydroxylation sites is 1. The summed E-state index contributed by atoms with van der Waals surface area (Å²) >= 11 is 0. The van der Waals surface area contributed by atoms with Gasteiger partial charge in [-0.2, -0.15) is 0 Å². The lowest BCUT2D eigenvalue weighted by molar-refractivity contribution is 0.393. The van der Waals surface area contributed by atoms with Crippen molar-refractivity contribution in [3.05, 3.63) is 29.3 Å². The number of hydrogen-bond donors (Lipinski definition) is 0. The summed E-state index contributed by atoms with van der Waals surface area (Å²) in [6.07, 6.45) is 2.62. The van der Waals surface area contributed by atoms with Gasteiger partial charge < -0.3 is 9.80 Å². The highest BCUT2D eigenvalue weighted by Crippen LogP contribution is 2.45. The molecule has 3 heterocycles. The summed E-state index contributed by atoms with van der Waals surface area (Å²) in [5, 5.41) is 0. The van der Waals surface area contributed by atoms with E-state index in [0.717, 1.165) is 11.8 Å². The third-order valence-corrected chi connectivity index (χ3v) is 4.82. The van der Waals surface area contributed by atoms with Gasteiger partial charge in [0.25, 0.3) is 0 Å². The predicted molar refractivity (Wildman–Crippen MR) is 70.7 cm³/mol. The van der Waals surface area contributed by atoms with Gasteiger partial charge in [-0.05, 0) is 36.9 Å². The van der Waals surface area contributed by atoms with Gasteiger partial charge in [0.05, 0.1) is 0 Å². The van der Waals surface area contributed by atoms with Gasteiger partial charge in [-0.15, -0.1) is 0 Å². The zero-order valence-corrected chi connectivity index (χ0v) is 10.5. The monoisotopic (exact) mass is 228 g/mol. The van der Waals surface area contributed by atoms with Gasteiger partial charge >= 0.3 is 0 Å². The van der Waals surface area contributed by atoms with Crippen LogP contribution >= 0.6 is 0 Å². The van der Waals surface area contributed by atoms with Crippen molar-refractivity contribution in [1.82, 2.24) is 4.90 Å². The minimum Gasteiger partial charge on any atom is -0.371 e. The van der Waals surface area contributed by atoms with E-state index < -0.39 is 0 Å². The Morgan fingerprint density at radius 2 is 2.12 bits per heavy atom. The van der Waals surface area contributed by atoms with Crippen LogP contribution in [0.15, 0.2) is 18.2 Å². The number of benzene rings is 1. The first-order valence-corrected chi connectivity index (χ1v) is 6.88. The molecule has 4 rings (SSSR count). The molecule has 3 aliphatic rings. The first-order chi connectivity index (χ1) is 8.33. The highest BCUT2D eigenvalue weighted by atomic mass is 15.2. The van der Waals surface area contributed by atoms with Crippen LogP contribution in [0.4, 0.5) is 5.69 Å². The summed E-state index contributed by atoms with van der Waals surface area (Å²) in [5.74, 6) is 1.66. The van der Waals surface area contributed by atoms with Crippen LogP contribution in [0.5, 0.6) is 0 Å². The Bertz CT molecular complexity index is 454. The van der Waals surface area contributed by atoms with Crippen LogP contribution in [0, 0.1) is 5.92 Å². The first-order valence-electron chi connectivity index (χ1n) is 6.88. The summed E-state index contributed by atoms with van der Waals surface area (Å²) in [6, 6.07) is 7.00. The standard InChI is InChI=1S/C15H20N2/c1-16-8-12-9-17-7-3-5-11-4-2-6-13(15(11)17)14(12)10-16/h2,4,6,12,14H,3,5,7-10H2,1H3. The lowest BCUT2D eigenvalue weighted by atomic mass is 9.80. The molecular formula is C15H20N2. The largest absolute Gasteiger partial charge is 0.371 e. The van der Waals surface area contributed by atoms with Gasteiger partial charge in [-0.1, -0.05) is 18.2 Å². The van der Waals surface area contributed by atoms with Crippen LogP contribution < -0.4 is 4.90 Å². The fourth-order valence-electron chi connectivity index (χ4n) is 4.16. The Hall–Kier alpha value is -1.02. The van der Waals surface area contributed by atoms with Crippen molar-refractivity contribution in [2.75, 3.05) is 38.1 Å². The van der Waals surface area contributed by atoms with E-state index in [4.69, 9.17) is 0 Å². The second kappa shape index (κ2) is 3.49. The lowest BCUT2D eigenvalue weighted by Gasteiger charge is -2.41. The minimum absolute atomic E-state index is 0.796. The van der Waals surface area contributed by atoms with Crippen molar-refractivity contribution in [3.63, 3.8) is 0 Å². The zero-order valence-electron chi connectivity index (χ0n) is 10.5. The number of aryl methyl sites for hydroxylation is 1. The minimum atomic E-state index is 0.796. The molecule has 1 aromatic rings. The molecule has 0 aromatic heterocycles. The number of fused-ring (bicyclic) bond motifs is 2. The molecule has 1 fully saturated rings. The Morgan fingerprint density at radius 3 is 3.06 bits per heavy atom. The summed E-state index contributed by atoms with van der Waals surface area (Å²) < 4.78 is 0. The molecule has 2 heteroatoms. The normalized spacial score (nSPS) is 31.2. The topological polar surface area (TPSA) is 6.48 Å². The number of nitrogens with zero attached hydrogens (tertiary/aromatic N) is 2. The molecular weight excluding hydrogens is 208 g/mol. The average molecular weight is 228 g/mol. The molecule has 3 aliphatic heterocycles. The number of anilines is 1. The maximum absolute atomic E-state index is 2.66. The number of likely N-dealkylation sites (N-methyl/N-ethyl adjacent to an activating group) is 1. The van der Waals surface area contributed by atoms with Gasteiger partial charge in [0, 0.05) is 37.8 Å². The van der Waals surface area contributed by atoms with Crippen LogP contribution in [-0.2, 0) is 6.42 Å². The summed E-state index contributed by atoms with van der Waals surface area (Å²) in [4.78, 5) is 5.17. The lowest BCUT2D eigenvalue weighted by Crippen LogP contribution is -2.40. The fourth-order valence-corrected chi connectivity index (χ4v) is 4.16. The number of rotatable bonds is 0. The molecule has 2 nitrogen and oxygen atoms in total. The Balaban J connectivity index is 1.86. The van der Waals surface area contributed by atoms with Crippen LogP contribution in [0.2, 0.25) is 0 Å². The second-order valence-corrected chi connectivity index (χ2v) is 5.99. The van der Waals surface area contributed by atoms with Crippen molar-refractivity contribution < 1.29 is 0 Å². The zero-order chi connectivity index (χ0) is 11.4. The molecule has 1 aromatic carbocycles. The molecule has 0 amide bonds. The smallest absolute Gasteiger partial charge is 0.0434 e. The molecule has 1 saturated heterocycles. The van der Waals surface area contributed by atoms with E-state index >= 15 is 0 Å². The third kappa shape index (κ3) is 1.37. The van der Waals surface area contributed by atoms with Crippen molar-refractivity contribution >= 4 is 5.69 Å². The van der Waals surface area contributed by atoms with Crippen molar-refractivity contribution in [2.45, 2.75) is 18.8 Å². The number of hydrogen-bond acceptors (Lipinski definition) is 2. The van der Waals surface area contributed by atoms with Crippen LogP contribution in [0.25, 0.3) is 0 Å². The van der Waals surface area contributed by atoms with Gasteiger partial charge in [0.15, 0.2) is 0 Å². The highest BCUT2D eigenvalue weighted by molar-refractivity contribution is 5.64. The molecule has 0 bridgehead atoms. The SMILES string of the molecule is CN1CC2CN3CCCc4cccc(c43)C2C1. The third-order valence-electron chi connectivity index (χ3n) is 4.82. The molecule has 2 atom stereocenters. The van der Waals surface area contributed by atoms with Gasteiger partial charge in [-0.25, -0.2) is 0 Å². The highest BCUT2D eigenvalue weighted by Gasteiger charge is 2.40. The van der Waals surface area contributed by atoms with Crippen molar-refractivity contribution in [1.29, 1.82) is 0 Å². The van der Waals surface area contributed by atoms with E-state index in [9.17, 15) is 0 Å². The second-order valence-electron chi connectivity index (χ2n) is 5.99. The average Bonchev–Trinajstić information content (AvgIpc) is 2.70. The van der Waals surface area contributed by atoms with Crippen LogP contribution in [-0.4, -0.2) is 38.1 Å². The van der Waals surface area contributed by atoms with E-state index in [1.54, 1.807) is 16.8 Å². The van der Waals surface area contributed by atoms with E-state index in [1.807, 2.05) is 0 Å². The van der Waals surface area contributed by atoms with E-state index in [0.29, 0.717) is 0 Å². The summed E-state index contributed by atoms with van der Waals surface area (Å²) in [6.45, 7) is 5.11. The predicted octanol–water partition coefficient (Wildman–Crippen LogP) is 2.10. The molecule has 0 N–H and O–H groups in total. The maximum atomic E-state index is 2.66. The molecule has 0 radical (unpaired) electrons. The maximum Gasteiger partial charge on any atom is 0.0434 e. The molecule has 0 aliphatic carbocycles. The molecule has 2 unspecified atom stereocenters. The summed E-state index contributed by atoms with van der Waals surface area (Å²) in [7, 11) is 2.27. The Morgan fingerprint density at radius 1 is 1.18 bits per heavy atom. The fraction of sp³-hybridized carbons (Fsp3) is 0.600. The van der Waals surface area contributed by atoms with Crippen LogP contribution in [0.1, 0.15) is 23.5 Å². The van der Waals surface area contributed by atoms with Crippen molar-refractivity contribution in [2.24, 2.45) is 5.92 Å². The molecule has 0 saturated carbocycles. The van der Waals surface area contributed by atoms with E-state index in [-0.39, 0.29) is 0 Å². The molecule has 0 spiro atoms. The molecule has 17 heavy (non-hydrogen) atoms. The van der Waals surface area contributed by atoms with Gasteiger partial charge in [-0.3, -0.25) is 0 Å². The Labute approximate surface area is 103 Å². The van der Waals surface area contributed by atoms with Crippen molar-refractivity contribution in [3.8, 4) is 0 Å². The van der Waals surface area contributed by atoms with E-state index in [2.05, 4.69) is 35.0 Å². The van der Waals surface area contributed by atoms with Gasteiger partial charge in [0.1, 0.15) is 0 Å². The molecule has 90 valence electrons.